The molecule has 106 valence electrons. The molecule has 0 aromatic heterocycles. The molecule has 0 N–H and O–H groups in total. The molecule has 19 heavy (non-hydrogen) atoms. The quantitative estimate of drug-likeness (QED) is 0.589. The maximum atomic E-state index is 11.4. The SMILES string of the molecule is CC(C)(C)OC(=O)COCCCc1ccc(Br)cc1. The van der Waals surface area contributed by atoms with Gasteiger partial charge in [-0.1, -0.05) is 28.1 Å². The topological polar surface area (TPSA) is 35.5 Å². The molecule has 0 heterocycles. The van der Waals surface area contributed by atoms with Gasteiger partial charge >= 0.3 is 5.97 Å². The van der Waals surface area contributed by atoms with Crippen LogP contribution >= 0.6 is 15.9 Å². The molecule has 1 rings (SSSR count). The highest BCUT2D eigenvalue weighted by Gasteiger charge is 2.15. The molecule has 0 spiro atoms. The Morgan fingerprint density at radius 2 is 1.84 bits per heavy atom. The van der Waals surface area contributed by atoms with E-state index < -0.39 is 5.60 Å². The van der Waals surface area contributed by atoms with Crippen LogP contribution in [0.15, 0.2) is 28.7 Å². The van der Waals surface area contributed by atoms with Gasteiger partial charge in [0.25, 0.3) is 0 Å². The summed E-state index contributed by atoms with van der Waals surface area (Å²) in [6.07, 6.45) is 1.84. The molecule has 0 saturated carbocycles. The first-order chi connectivity index (χ1) is 8.87. The third kappa shape index (κ3) is 8.01. The first kappa shape index (κ1) is 16.2. The Morgan fingerprint density at radius 3 is 2.42 bits per heavy atom. The van der Waals surface area contributed by atoms with E-state index in [4.69, 9.17) is 9.47 Å². The zero-order valence-corrected chi connectivity index (χ0v) is 13.3. The fraction of sp³-hybridized carbons (Fsp3) is 0.533. The van der Waals surface area contributed by atoms with Crippen molar-refractivity contribution < 1.29 is 14.3 Å². The molecule has 0 bridgehead atoms. The fourth-order valence-corrected chi connectivity index (χ4v) is 1.82. The zero-order chi connectivity index (χ0) is 14.3. The summed E-state index contributed by atoms with van der Waals surface area (Å²) < 4.78 is 11.5. The second-order valence-corrected chi connectivity index (χ2v) is 6.28. The Labute approximate surface area is 123 Å². The second-order valence-electron chi connectivity index (χ2n) is 5.37. The first-order valence-electron chi connectivity index (χ1n) is 6.41. The van der Waals surface area contributed by atoms with Gasteiger partial charge in [-0.05, 0) is 51.3 Å². The number of rotatable bonds is 6. The molecule has 0 fully saturated rings. The standard InChI is InChI=1S/C15H21BrO3/c1-15(2,3)19-14(17)11-18-10-4-5-12-6-8-13(16)9-7-12/h6-9H,4-5,10-11H2,1-3H3. The summed E-state index contributed by atoms with van der Waals surface area (Å²) in [5, 5.41) is 0. The summed E-state index contributed by atoms with van der Waals surface area (Å²) in [7, 11) is 0. The van der Waals surface area contributed by atoms with Crippen molar-refractivity contribution in [2.24, 2.45) is 0 Å². The predicted molar refractivity (Wildman–Crippen MR) is 79.1 cm³/mol. The Morgan fingerprint density at radius 1 is 1.21 bits per heavy atom. The van der Waals surface area contributed by atoms with Crippen LogP contribution in [-0.2, 0) is 20.7 Å². The van der Waals surface area contributed by atoms with Crippen LogP contribution in [0, 0.1) is 0 Å². The van der Waals surface area contributed by atoms with Gasteiger partial charge in [-0.3, -0.25) is 0 Å². The van der Waals surface area contributed by atoms with Crippen LogP contribution < -0.4 is 0 Å². The van der Waals surface area contributed by atoms with Crippen LogP contribution in [-0.4, -0.2) is 24.8 Å². The highest BCUT2D eigenvalue weighted by atomic mass is 79.9. The molecule has 0 atom stereocenters. The molecule has 0 aliphatic rings. The monoisotopic (exact) mass is 328 g/mol. The summed E-state index contributed by atoms with van der Waals surface area (Å²) in [6, 6.07) is 8.21. The first-order valence-corrected chi connectivity index (χ1v) is 7.20. The molecule has 0 aliphatic heterocycles. The number of aryl methyl sites for hydroxylation is 1. The van der Waals surface area contributed by atoms with Gasteiger partial charge in [-0.15, -0.1) is 0 Å². The van der Waals surface area contributed by atoms with Crippen molar-refractivity contribution in [3.8, 4) is 0 Å². The Balaban J connectivity index is 2.11. The maximum absolute atomic E-state index is 11.4. The van der Waals surface area contributed by atoms with Crippen LogP contribution in [0.25, 0.3) is 0 Å². The van der Waals surface area contributed by atoms with Crippen LogP contribution in [0.2, 0.25) is 0 Å². The van der Waals surface area contributed by atoms with E-state index in [1.54, 1.807) is 0 Å². The van der Waals surface area contributed by atoms with E-state index >= 15 is 0 Å². The van der Waals surface area contributed by atoms with Crippen molar-refractivity contribution in [3.63, 3.8) is 0 Å². The van der Waals surface area contributed by atoms with E-state index in [9.17, 15) is 4.79 Å². The normalized spacial score (nSPS) is 11.4. The minimum absolute atomic E-state index is 0.0254. The molecule has 0 aliphatic carbocycles. The van der Waals surface area contributed by atoms with Crippen LogP contribution in [0.4, 0.5) is 0 Å². The van der Waals surface area contributed by atoms with E-state index in [1.165, 1.54) is 5.56 Å². The van der Waals surface area contributed by atoms with Gasteiger partial charge in [0, 0.05) is 11.1 Å². The van der Waals surface area contributed by atoms with E-state index in [0.29, 0.717) is 6.61 Å². The van der Waals surface area contributed by atoms with Crippen LogP contribution in [0.1, 0.15) is 32.8 Å². The minimum Gasteiger partial charge on any atom is -0.458 e. The lowest BCUT2D eigenvalue weighted by molar-refractivity contribution is -0.160. The summed E-state index contributed by atoms with van der Waals surface area (Å²) >= 11 is 3.40. The van der Waals surface area contributed by atoms with Crippen molar-refractivity contribution in [2.45, 2.75) is 39.2 Å². The molecule has 1 aromatic rings. The van der Waals surface area contributed by atoms with Crippen molar-refractivity contribution >= 4 is 21.9 Å². The molecule has 0 unspecified atom stereocenters. The van der Waals surface area contributed by atoms with Gasteiger partial charge in [-0.2, -0.15) is 0 Å². The number of halogens is 1. The predicted octanol–water partition coefficient (Wildman–Crippen LogP) is 3.74. The molecule has 0 amide bonds. The average molecular weight is 329 g/mol. The third-order valence-corrected chi connectivity index (χ3v) is 2.84. The lowest BCUT2D eigenvalue weighted by Gasteiger charge is -2.19. The minimum atomic E-state index is -0.447. The van der Waals surface area contributed by atoms with Gasteiger partial charge in [0.05, 0.1) is 0 Å². The fourth-order valence-electron chi connectivity index (χ4n) is 1.56. The number of carbonyl (C=O) groups is 1. The molecule has 1 aromatic carbocycles. The van der Waals surface area contributed by atoms with Crippen molar-refractivity contribution in [2.75, 3.05) is 13.2 Å². The van der Waals surface area contributed by atoms with E-state index in [2.05, 4.69) is 28.1 Å². The molecular formula is C15H21BrO3. The molecule has 3 nitrogen and oxygen atoms in total. The van der Waals surface area contributed by atoms with E-state index in [-0.39, 0.29) is 12.6 Å². The summed E-state index contributed by atoms with van der Waals surface area (Å²) in [6.45, 7) is 6.13. The van der Waals surface area contributed by atoms with E-state index in [0.717, 1.165) is 17.3 Å². The summed E-state index contributed by atoms with van der Waals surface area (Å²) in [5.74, 6) is -0.309. The molecule has 0 radical (unpaired) electrons. The van der Waals surface area contributed by atoms with Gasteiger partial charge < -0.3 is 9.47 Å². The summed E-state index contributed by atoms with van der Waals surface area (Å²) in [5.41, 5.74) is 0.821. The van der Waals surface area contributed by atoms with Gasteiger partial charge in [-0.25, -0.2) is 4.79 Å². The lowest BCUT2D eigenvalue weighted by atomic mass is 10.1. The van der Waals surface area contributed by atoms with Crippen molar-refractivity contribution in [3.05, 3.63) is 34.3 Å². The highest BCUT2D eigenvalue weighted by Crippen LogP contribution is 2.12. The Hall–Kier alpha value is -0.870. The lowest BCUT2D eigenvalue weighted by Crippen LogP contribution is -2.26. The molecular weight excluding hydrogens is 308 g/mol. The number of esters is 1. The number of hydrogen-bond acceptors (Lipinski definition) is 3. The maximum Gasteiger partial charge on any atom is 0.332 e. The highest BCUT2D eigenvalue weighted by molar-refractivity contribution is 9.10. The number of carbonyl (C=O) groups excluding carboxylic acids is 1. The number of ether oxygens (including phenoxy) is 2. The molecule has 0 saturated heterocycles. The third-order valence-electron chi connectivity index (χ3n) is 2.31. The largest absolute Gasteiger partial charge is 0.458 e. The smallest absolute Gasteiger partial charge is 0.332 e. The Kier molecular flexibility index (Phi) is 6.52. The van der Waals surface area contributed by atoms with Crippen molar-refractivity contribution in [1.29, 1.82) is 0 Å². The zero-order valence-electron chi connectivity index (χ0n) is 11.7. The van der Waals surface area contributed by atoms with Crippen LogP contribution in [0.5, 0.6) is 0 Å². The van der Waals surface area contributed by atoms with Crippen LogP contribution in [0.3, 0.4) is 0 Å². The number of hydrogen-bond donors (Lipinski definition) is 0. The second kappa shape index (κ2) is 7.65. The molecule has 4 heteroatoms. The average Bonchev–Trinajstić information content (AvgIpc) is 2.29. The van der Waals surface area contributed by atoms with Gasteiger partial charge in [0.2, 0.25) is 0 Å². The summed E-state index contributed by atoms with van der Waals surface area (Å²) in [4.78, 5) is 11.4. The van der Waals surface area contributed by atoms with Crippen molar-refractivity contribution in [1.82, 2.24) is 0 Å². The van der Waals surface area contributed by atoms with Gasteiger partial charge in [0.1, 0.15) is 12.2 Å². The Bertz CT molecular complexity index is 393. The van der Waals surface area contributed by atoms with Gasteiger partial charge in [0.15, 0.2) is 0 Å². The van der Waals surface area contributed by atoms with E-state index in [1.807, 2.05) is 32.9 Å². The number of benzene rings is 1.